The molecule has 1 nitrogen and oxygen atoms in total. The van der Waals surface area contributed by atoms with Crippen LogP contribution in [0.3, 0.4) is 0 Å². The van der Waals surface area contributed by atoms with Crippen molar-refractivity contribution >= 4 is 6.08 Å². The molecule has 0 amide bonds. The molecule has 0 spiro atoms. The topological polar surface area (TPSA) is 9.23 Å². The summed E-state index contributed by atoms with van der Waals surface area (Å²) < 4.78 is 6.00. The highest BCUT2D eigenvalue weighted by Crippen LogP contribution is 2.23. The third-order valence-electron chi connectivity index (χ3n) is 2.88. The van der Waals surface area contributed by atoms with E-state index in [2.05, 4.69) is 18.7 Å². The third kappa shape index (κ3) is 2.75. The van der Waals surface area contributed by atoms with E-state index in [9.17, 15) is 0 Å². The molecule has 1 aromatic rings. The Kier molecular flexibility index (Phi) is 3.81. The molecule has 1 aliphatic rings. The summed E-state index contributed by atoms with van der Waals surface area (Å²) in [6, 6.07) is 8.05. The minimum atomic E-state index is 0.226. The Hall–Kier alpha value is -1.50. The number of rotatable bonds is 3. The third-order valence-corrected chi connectivity index (χ3v) is 2.88. The van der Waals surface area contributed by atoms with Gasteiger partial charge in [0.15, 0.2) is 0 Å². The molecule has 0 N–H and O–H groups in total. The maximum absolute atomic E-state index is 6.00. The average Bonchev–Trinajstić information content (AvgIpc) is 2.58. The highest BCUT2D eigenvalue weighted by atomic mass is 16.5. The molecule has 1 aliphatic carbocycles. The molecule has 0 heterocycles. The fourth-order valence-corrected chi connectivity index (χ4v) is 1.97. The zero-order valence-electron chi connectivity index (χ0n) is 9.56. The molecule has 2 rings (SSSR count). The second-order valence-corrected chi connectivity index (χ2v) is 4.11. The van der Waals surface area contributed by atoms with Gasteiger partial charge in [-0.25, -0.2) is 0 Å². The first-order valence-corrected chi connectivity index (χ1v) is 5.95. The van der Waals surface area contributed by atoms with Gasteiger partial charge in [-0.1, -0.05) is 36.9 Å². The van der Waals surface area contributed by atoms with E-state index in [-0.39, 0.29) is 6.10 Å². The van der Waals surface area contributed by atoms with E-state index in [4.69, 9.17) is 4.74 Å². The van der Waals surface area contributed by atoms with Gasteiger partial charge in [-0.3, -0.25) is 0 Å². The monoisotopic (exact) mass is 214 g/mol. The molecule has 16 heavy (non-hydrogen) atoms. The first-order valence-electron chi connectivity index (χ1n) is 5.95. The standard InChI is InChI=1S/C15H18O/c1-2-13-9-7-8-12-15(13)16-14-10-5-3-4-6-11-14/h2,5,7-10,12,14H,1,3-4,6,11H2. The predicted octanol–water partition coefficient (Wildman–Crippen LogP) is 4.21. The second-order valence-electron chi connectivity index (χ2n) is 4.11. The Morgan fingerprint density at radius 2 is 2.12 bits per heavy atom. The van der Waals surface area contributed by atoms with Crippen molar-refractivity contribution < 1.29 is 4.74 Å². The number of hydrogen-bond donors (Lipinski definition) is 0. The van der Waals surface area contributed by atoms with Gasteiger partial charge in [0.2, 0.25) is 0 Å². The second kappa shape index (κ2) is 5.55. The smallest absolute Gasteiger partial charge is 0.127 e. The highest BCUT2D eigenvalue weighted by Gasteiger charge is 2.10. The van der Waals surface area contributed by atoms with E-state index < -0.39 is 0 Å². The summed E-state index contributed by atoms with van der Waals surface area (Å²) in [5.41, 5.74) is 1.07. The van der Waals surface area contributed by atoms with Crippen molar-refractivity contribution in [2.24, 2.45) is 0 Å². The fraction of sp³-hybridized carbons (Fsp3) is 0.333. The summed E-state index contributed by atoms with van der Waals surface area (Å²) in [6.45, 7) is 3.81. The van der Waals surface area contributed by atoms with Crippen molar-refractivity contribution in [3.05, 3.63) is 48.6 Å². The lowest BCUT2D eigenvalue weighted by molar-refractivity contribution is 0.236. The molecule has 84 valence electrons. The first kappa shape index (κ1) is 11.0. The quantitative estimate of drug-likeness (QED) is 0.685. The van der Waals surface area contributed by atoms with Gasteiger partial charge in [-0.05, 0) is 37.8 Å². The highest BCUT2D eigenvalue weighted by molar-refractivity contribution is 5.55. The van der Waals surface area contributed by atoms with Gasteiger partial charge in [0, 0.05) is 5.56 Å². The number of para-hydroxylation sites is 1. The average molecular weight is 214 g/mol. The van der Waals surface area contributed by atoms with Crippen LogP contribution in [-0.4, -0.2) is 6.10 Å². The Bertz CT molecular complexity index is 379. The van der Waals surface area contributed by atoms with Crippen molar-refractivity contribution in [2.75, 3.05) is 0 Å². The van der Waals surface area contributed by atoms with E-state index in [0.717, 1.165) is 17.7 Å². The summed E-state index contributed by atoms with van der Waals surface area (Å²) in [7, 11) is 0. The molecule has 1 unspecified atom stereocenters. The Balaban J connectivity index is 2.10. The van der Waals surface area contributed by atoms with Gasteiger partial charge >= 0.3 is 0 Å². The molecule has 0 saturated carbocycles. The van der Waals surface area contributed by atoms with Crippen LogP contribution in [0.5, 0.6) is 5.75 Å². The molecular weight excluding hydrogens is 196 g/mol. The zero-order valence-corrected chi connectivity index (χ0v) is 9.56. The molecule has 0 bridgehead atoms. The van der Waals surface area contributed by atoms with Crippen LogP contribution in [0.4, 0.5) is 0 Å². The maximum atomic E-state index is 6.00. The Morgan fingerprint density at radius 3 is 3.00 bits per heavy atom. The molecule has 0 aliphatic heterocycles. The zero-order chi connectivity index (χ0) is 11.2. The first-order chi connectivity index (χ1) is 7.90. The van der Waals surface area contributed by atoms with E-state index >= 15 is 0 Å². The summed E-state index contributed by atoms with van der Waals surface area (Å²) in [6.07, 6.45) is 11.3. The molecule has 0 fully saturated rings. The Labute approximate surface area is 97.4 Å². The summed E-state index contributed by atoms with van der Waals surface area (Å²) >= 11 is 0. The van der Waals surface area contributed by atoms with Crippen LogP contribution < -0.4 is 4.74 Å². The number of ether oxygens (including phenoxy) is 1. The molecule has 0 aromatic heterocycles. The van der Waals surface area contributed by atoms with Crippen LogP contribution in [0.2, 0.25) is 0 Å². The van der Waals surface area contributed by atoms with E-state index in [1.54, 1.807) is 0 Å². The largest absolute Gasteiger partial charge is 0.486 e. The van der Waals surface area contributed by atoms with Crippen LogP contribution in [0.1, 0.15) is 31.2 Å². The molecule has 0 saturated heterocycles. The van der Waals surface area contributed by atoms with Gasteiger partial charge in [0.1, 0.15) is 11.9 Å². The van der Waals surface area contributed by atoms with E-state index in [1.165, 1.54) is 19.3 Å². The summed E-state index contributed by atoms with van der Waals surface area (Å²) in [4.78, 5) is 0. The molecule has 1 aromatic carbocycles. The maximum Gasteiger partial charge on any atom is 0.127 e. The lowest BCUT2D eigenvalue weighted by Gasteiger charge is -2.16. The predicted molar refractivity (Wildman–Crippen MR) is 68.6 cm³/mol. The molecule has 1 heteroatoms. The van der Waals surface area contributed by atoms with Gasteiger partial charge in [0.25, 0.3) is 0 Å². The normalized spacial score (nSPS) is 20.1. The lowest BCUT2D eigenvalue weighted by atomic mass is 10.1. The van der Waals surface area contributed by atoms with Gasteiger partial charge in [-0.2, -0.15) is 0 Å². The van der Waals surface area contributed by atoms with Crippen LogP contribution in [0.15, 0.2) is 43.0 Å². The lowest BCUT2D eigenvalue weighted by Crippen LogP contribution is -2.13. The van der Waals surface area contributed by atoms with Crippen LogP contribution in [0, 0.1) is 0 Å². The van der Waals surface area contributed by atoms with Crippen molar-refractivity contribution in [1.29, 1.82) is 0 Å². The number of allylic oxidation sites excluding steroid dienone is 1. The fourth-order valence-electron chi connectivity index (χ4n) is 1.97. The Morgan fingerprint density at radius 1 is 1.25 bits per heavy atom. The SMILES string of the molecule is C=Cc1ccccc1OC1C=CCCCC1. The van der Waals surface area contributed by atoms with Crippen molar-refractivity contribution in [3.63, 3.8) is 0 Å². The van der Waals surface area contributed by atoms with E-state index in [0.29, 0.717) is 0 Å². The molecule has 0 radical (unpaired) electrons. The minimum absolute atomic E-state index is 0.226. The summed E-state index contributed by atoms with van der Waals surface area (Å²) in [5, 5.41) is 0. The van der Waals surface area contributed by atoms with E-state index in [1.807, 2.05) is 30.3 Å². The van der Waals surface area contributed by atoms with Crippen molar-refractivity contribution in [2.45, 2.75) is 31.8 Å². The van der Waals surface area contributed by atoms with Crippen molar-refractivity contribution in [3.8, 4) is 5.75 Å². The number of benzene rings is 1. The minimum Gasteiger partial charge on any atom is -0.486 e. The van der Waals surface area contributed by atoms with Gasteiger partial charge in [0.05, 0.1) is 0 Å². The number of hydrogen-bond acceptors (Lipinski definition) is 1. The molecular formula is C15H18O. The van der Waals surface area contributed by atoms with Gasteiger partial charge < -0.3 is 4.74 Å². The molecule has 1 atom stereocenters. The van der Waals surface area contributed by atoms with Gasteiger partial charge in [-0.15, -0.1) is 0 Å². The summed E-state index contributed by atoms with van der Waals surface area (Å²) in [5.74, 6) is 0.939. The van der Waals surface area contributed by atoms with Crippen LogP contribution >= 0.6 is 0 Å². The van der Waals surface area contributed by atoms with Crippen LogP contribution in [-0.2, 0) is 0 Å². The van der Waals surface area contributed by atoms with Crippen LogP contribution in [0.25, 0.3) is 6.08 Å². The van der Waals surface area contributed by atoms with Crippen molar-refractivity contribution in [1.82, 2.24) is 0 Å².